The molecule has 1 aliphatic rings. The maximum Gasteiger partial charge on any atom is 0.387 e. The lowest BCUT2D eigenvalue weighted by Crippen LogP contribution is -2.34. The van der Waals surface area contributed by atoms with Gasteiger partial charge in [0.05, 0.1) is 16.8 Å². The van der Waals surface area contributed by atoms with E-state index in [9.17, 15) is 23.2 Å². The molecule has 0 radical (unpaired) electrons. The Balaban J connectivity index is 1.37. The third-order valence-electron chi connectivity index (χ3n) is 6.69. The molecule has 208 valence electrons. The average molecular weight is 557 g/mol. The van der Waals surface area contributed by atoms with Crippen LogP contribution in [-0.2, 0) is 16.0 Å². The second-order valence-corrected chi connectivity index (χ2v) is 9.78. The van der Waals surface area contributed by atoms with Crippen LogP contribution in [0.1, 0.15) is 50.9 Å². The van der Waals surface area contributed by atoms with Crippen molar-refractivity contribution in [1.29, 1.82) is 0 Å². The zero-order valence-electron chi connectivity index (χ0n) is 22.1. The van der Waals surface area contributed by atoms with E-state index in [0.717, 1.165) is 28.8 Å². The summed E-state index contributed by atoms with van der Waals surface area (Å²) in [5, 5.41) is 2.76. The topological polar surface area (TPSA) is 94.6 Å². The minimum Gasteiger partial charge on any atom is -0.452 e. The number of carbonyl (C=O) groups is 3. The first-order valence-electron chi connectivity index (χ1n) is 13.0. The fraction of sp³-hybridized carbons (Fsp3) is 0.188. The number of aromatic nitrogens is 1. The van der Waals surface area contributed by atoms with Gasteiger partial charge < -0.3 is 9.47 Å². The number of halogens is 2. The van der Waals surface area contributed by atoms with E-state index in [0.29, 0.717) is 22.9 Å². The number of carbonyl (C=O) groups excluding carboxylic acids is 3. The predicted octanol–water partition coefficient (Wildman–Crippen LogP) is 6.07. The number of para-hydroxylation sites is 1. The minimum absolute atomic E-state index is 0.0483. The number of rotatable bonds is 7. The van der Waals surface area contributed by atoms with Crippen molar-refractivity contribution >= 4 is 40.3 Å². The predicted molar refractivity (Wildman–Crippen MR) is 149 cm³/mol. The molecular formula is C32H26F2N2O5. The summed E-state index contributed by atoms with van der Waals surface area (Å²) < 4.78 is 34.3. The van der Waals surface area contributed by atoms with E-state index >= 15 is 0 Å². The van der Waals surface area contributed by atoms with E-state index in [1.807, 2.05) is 48.5 Å². The molecule has 9 heteroatoms. The van der Waals surface area contributed by atoms with Gasteiger partial charge in [-0.15, -0.1) is 0 Å². The number of nitrogens with one attached hydrogen (secondary N) is 1. The second kappa shape index (κ2) is 12.1. The maximum absolute atomic E-state index is 13.5. The average Bonchev–Trinajstić information content (AvgIpc) is 2.95. The fourth-order valence-electron chi connectivity index (χ4n) is 4.95. The molecule has 3 aromatic carbocycles. The minimum atomic E-state index is -3.00. The highest BCUT2D eigenvalue weighted by Gasteiger charge is 2.29. The van der Waals surface area contributed by atoms with Crippen LogP contribution in [0.2, 0.25) is 0 Å². The molecule has 0 fully saturated rings. The van der Waals surface area contributed by atoms with Crippen LogP contribution in [-0.4, -0.2) is 36.0 Å². The van der Waals surface area contributed by atoms with Crippen molar-refractivity contribution in [2.24, 2.45) is 5.92 Å². The van der Waals surface area contributed by atoms with Gasteiger partial charge in [0.1, 0.15) is 5.75 Å². The lowest BCUT2D eigenvalue weighted by molar-refractivity contribution is -0.123. The largest absolute Gasteiger partial charge is 0.452 e. The van der Waals surface area contributed by atoms with Gasteiger partial charge in [0.25, 0.3) is 11.8 Å². The number of hydrogen-bond donors (Lipinski definition) is 1. The van der Waals surface area contributed by atoms with Crippen molar-refractivity contribution in [3.63, 3.8) is 0 Å². The molecule has 1 atom stereocenters. The molecule has 0 unspecified atom stereocenters. The number of ether oxygens (including phenoxy) is 2. The van der Waals surface area contributed by atoms with Gasteiger partial charge in [0.15, 0.2) is 6.61 Å². The number of amides is 2. The smallest absolute Gasteiger partial charge is 0.387 e. The number of nitrogens with zero attached hydrogens (tertiary/aromatic N) is 1. The van der Waals surface area contributed by atoms with Crippen molar-refractivity contribution in [3.05, 3.63) is 107 Å². The molecule has 7 nitrogen and oxygen atoms in total. The molecule has 5 rings (SSSR count). The number of fused-ring (bicyclic) bond motifs is 2. The molecule has 4 aromatic rings. The van der Waals surface area contributed by atoms with E-state index in [-0.39, 0.29) is 17.2 Å². The van der Waals surface area contributed by atoms with E-state index in [1.54, 1.807) is 6.07 Å². The van der Waals surface area contributed by atoms with Crippen molar-refractivity contribution in [2.45, 2.75) is 26.4 Å². The molecule has 0 bridgehead atoms. The van der Waals surface area contributed by atoms with Crippen molar-refractivity contribution < 1.29 is 32.6 Å². The zero-order chi connectivity index (χ0) is 28.9. The summed E-state index contributed by atoms with van der Waals surface area (Å²) >= 11 is 0. The Kier molecular flexibility index (Phi) is 8.14. The van der Waals surface area contributed by atoms with Gasteiger partial charge in [-0.25, -0.2) is 9.78 Å². The van der Waals surface area contributed by atoms with E-state index in [4.69, 9.17) is 9.72 Å². The number of hydrogen-bond acceptors (Lipinski definition) is 6. The van der Waals surface area contributed by atoms with Crippen LogP contribution in [0.15, 0.2) is 78.9 Å². The van der Waals surface area contributed by atoms with Gasteiger partial charge in [0, 0.05) is 10.9 Å². The van der Waals surface area contributed by atoms with E-state index in [2.05, 4.69) is 23.1 Å². The Morgan fingerprint density at radius 3 is 2.41 bits per heavy atom. The second-order valence-electron chi connectivity index (χ2n) is 9.78. The molecule has 0 saturated heterocycles. The van der Waals surface area contributed by atoms with Crippen molar-refractivity contribution in [3.8, 4) is 5.75 Å². The summed E-state index contributed by atoms with van der Waals surface area (Å²) in [7, 11) is 0. The van der Waals surface area contributed by atoms with Gasteiger partial charge in [-0.05, 0) is 71.9 Å². The van der Waals surface area contributed by atoms with Gasteiger partial charge in [-0.3, -0.25) is 14.9 Å². The summed E-state index contributed by atoms with van der Waals surface area (Å²) in [4.78, 5) is 43.3. The molecule has 1 heterocycles. The summed E-state index contributed by atoms with van der Waals surface area (Å²) in [5.41, 5.74) is 4.56. The zero-order valence-corrected chi connectivity index (χ0v) is 22.1. The number of imide groups is 1. The van der Waals surface area contributed by atoms with Crippen LogP contribution >= 0.6 is 0 Å². The number of allylic oxidation sites excluding steroid dienone is 1. The molecule has 2 amide bonds. The summed E-state index contributed by atoms with van der Waals surface area (Å²) in [6.07, 6.45) is 3.48. The lowest BCUT2D eigenvalue weighted by Gasteiger charge is -2.26. The van der Waals surface area contributed by atoms with Crippen LogP contribution in [0.25, 0.3) is 22.6 Å². The first kappa shape index (κ1) is 27.6. The Bertz CT molecular complexity index is 1640. The Labute approximate surface area is 234 Å². The van der Waals surface area contributed by atoms with Crippen molar-refractivity contribution in [1.82, 2.24) is 10.3 Å². The molecular weight excluding hydrogens is 530 g/mol. The molecule has 1 aliphatic carbocycles. The van der Waals surface area contributed by atoms with Crippen molar-refractivity contribution in [2.75, 3.05) is 6.61 Å². The van der Waals surface area contributed by atoms with Gasteiger partial charge in [0.2, 0.25) is 0 Å². The Hall–Kier alpha value is -4.92. The van der Waals surface area contributed by atoms with Gasteiger partial charge in [-0.2, -0.15) is 8.78 Å². The molecule has 1 aromatic heterocycles. The number of esters is 1. The van der Waals surface area contributed by atoms with Crippen LogP contribution in [0, 0.1) is 5.92 Å². The van der Waals surface area contributed by atoms with Gasteiger partial charge >= 0.3 is 12.6 Å². The van der Waals surface area contributed by atoms with E-state index in [1.165, 1.54) is 24.3 Å². The standard InChI is InChI=1S/C32H26F2N2O5/c1-19-15-22(17-20-7-3-2-4-8-20)29-25(16-19)28(24-9-5-6-10-26(24)35-29)31(39)40-18-27(37)36-30(38)21-11-13-23(14-12-21)41-32(33)34/h2-14,17,19,32H,15-16,18H2,1H3,(H,36,37,38)/b22-17+/t19-/m1/s1. The van der Waals surface area contributed by atoms with E-state index < -0.39 is 31.0 Å². The first-order valence-corrected chi connectivity index (χ1v) is 13.0. The van der Waals surface area contributed by atoms with Crippen LogP contribution < -0.4 is 10.1 Å². The molecule has 0 aliphatic heterocycles. The van der Waals surface area contributed by atoms with Crippen LogP contribution in [0.4, 0.5) is 8.78 Å². The Morgan fingerprint density at radius 1 is 0.976 bits per heavy atom. The number of pyridine rings is 1. The highest BCUT2D eigenvalue weighted by Crippen LogP contribution is 2.38. The summed E-state index contributed by atoms with van der Waals surface area (Å²) in [5.74, 6) is -2.18. The Morgan fingerprint density at radius 2 is 1.68 bits per heavy atom. The third-order valence-corrected chi connectivity index (χ3v) is 6.69. The molecule has 1 N–H and O–H groups in total. The quantitative estimate of drug-likeness (QED) is 0.278. The molecule has 41 heavy (non-hydrogen) atoms. The summed E-state index contributed by atoms with van der Waals surface area (Å²) in [6.45, 7) is -1.58. The highest BCUT2D eigenvalue weighted by molar-refractivity contribution is 6.08. The summed E-state index contributed by atoms with van der Waals surface area (Å²) in [6, 6.07) is 22.0. The van der Waals surface area contributed by atoms with Gasteiger partial charge in [-0.1, -0.05) is 55.5 Å². The maximum atomic E-state index is 13.5. The molecule has 0 spiro atoms. The normalized spacial score (nSPS) is 15.4. The number of benzene rings is 3. The third kappa shape index (κ3) is 6.46. The van der Waals surface area contributed by atoms with Crippen LogP contribution in [0.3, 0.4) is 0 Å². The fourth-order valence-corrected chi connectivity index (χ4v) is 4.95. The lowest BCUT2D eigenvalue weighted by atomic mass is 9.80. The monoisotopic (exact) mass is 556 g/mol. The first-order chi connectivity index (χ1) is 19.8. The molecule has 0 saturated carbocycles. The number of alkyl halides is 2. The highest BCUT2D eigenvalue weighted by atomic mass is 19.3. The van der Waals surface area contributed by atoms with Crippen LogP contribution in [0.5, 0.6) is 5.75 Å². The SMILES string of the molecule is C[C@@H]1C/C(=C\c2ccccc2)c2nc3ccccc3c(C(=O)OCC(=O)NC(=O)c3ccc(OC(F)F)cc3)c2C1.